The molecule has 3 nitrogen and oxygen atoms in total. The second-order valence-corrected chi connectivity index (χ2v) is 2.62. The molecule has 1 heterocycles. The molecule has 50 valence electrons. The zero-order valence-corrected chi connectivity index (χ0v) is 6.59. The van der Waals surface area contributed by atoms with Crippen molar-refractivity contribution in [3.63, 3.8) is 0 Å². The Morgan fingerprint density at radius 2 is 2.30 bits per heavy atom. The van der Waals surface area contributed by atoms with E-state index in [1.807, 2.05) is 6.07 Å². The van der Waals surface area contributed by atoms with Crippen molar-refractivity contribution >= 4 is 21.7 Å². The summed E-state index contributed by atoms with van der Waals surface area (Å²) in [7, 11) is 0. The molecule has 0 amide bonds. The molecule has 0 saturated carbocycles. The summed E-state index contributed by atoms with van der Waals surface area (Å²) in [6.07, 6.45) is 0. The minimum absolute atomic E-state index is 0.326. The van der Waals surface area contributed by atoms with Crippen LogP contribution in [0.4, 0.5) is 5.82 Å². The van der Waals surface area contributed by atoms with Gasteiger partial charge in [-0.1, -0.05) is 15.9 Å². The second kappa shape index (κ2) is 2.67. The lowest BCUT2D eigenvalue weighted by atomic mass is 10.4. The summed E-state index contributed by atoms with van der Waals surface area (Å²) in [5.74, 6) is 0.353. The number of halogens is 1. The van der Waals surface area contributed by atoms with E-state index in [-0.39, 0.29) is 0 Å². The highest BCUT2D eigenvalue weighted by Gasteiger charge is 1.95. The van der Waals surface area contributed by atoms with Crippen molar-refractivity contribution in [3.05, 3.63) is 22.3 Å². The Kier molecular flexibility index (Phi) is 1.88. The zero-order chi connectivity index (χ0) is 7.56. The molecule has 0 aliphatic heterocycles. The fourth-order valence-electron chi connectivity index (χ4n) is 0.574. The molecule has 1 rings (SSSR count). The number of hydrogen-bond donors (Lipinski definition) is 1. The van der Waals surface area contributed by atoms with E-state index in [9.17, 15) is 0 Å². The molecule has 0 saturated heterocycles. The van der Waals surface area contributed by atoms with E-state index < -0.39 is 0 Å². The maximum atomic E-state index is 8.40. The molecule has 0 fully saturated rings. The Balaban J connectivity index is 3.22. The van der Waals surface area contributed by atoms with Gasteiger partial charge < -0.3 is 5.73 Å². The van der Waals surface area contributed by atoms with E-state index in [0.717, 1.165) is 4.47 Å². The van der Waals surface area contributed by atoms with Crippen LogP contribution in [0.25, 0.3) is 0 Å². The highest BCUT2D eigenvalue weighted by molar-refractivity contribution is 9.10. The van der Waals surface area contributed by atoms with Gasteiger partial charge in [-0.3, -0.25) is 0 Å². The van der Waals surface area contributed by atoms with E-state index in [0.29, 0.717) is 11.5 Å². The minimum atomic E-state index is 0.326. The van der Waals surface area contributed by atoms with Crippen LogP contribution in [0.15, 0.2) is 16.6 Å². The summed E-state index contributed by atoms with van der Waals surface area (Å²) in [6.45, 7) is 0. The molecule has 1 aromatic rings. The summed E-state index contributed by atoms with van der Waals surface area (Å²) < 4.78 is 0.775. The summed E-state index contributed by atoms with van der Waals surface area (Å²) >= 11 is 3.18. The number of aromatic nitrogens is 1. The van der Waals surface area contributed by atoms with Crippen LogP contribution in [0.3, 0.4) is 0 Å². The number of nitrogen functional groups attached to an aromatic ring is 1. The smallest absolute Gasteiger partial charge is 0.144 e. The van der Waals surface area contributed by atoms with Crippen LogP contribution >= 0.6 is 15.9 Å². The fraction of sp³-hybridized carbons (Fsp3) is 0. The number of nitrogens with zero attached hydrogens (tertiary/aromatic N) is 2. The normalized spacial score (nSPS) is 8.80. The maximum Gasteiger partial charge on any atom is 0.144 e. The van der Waals surface area contributed by atoms with Crippen molar-refractivity contribution < 1.29 is 0 Å². The van der Waals surface area contributed by atoms with E-state index in [2.05, 4.69) is 20.9 Å². The zero-order valence-electron chi connectivity index (χ0n) is 5.00. The molecule has 4 heteroatoms. The van der Waals surface area contributed by atoms with Crippen LogP contribution in [0.5, 0.6) is 0 Å². The van der Waals surface area contributed by atoms with Crippen LogP contribution in [0.2, 0.25) is 0 Å². The predicted octanol–water partition coefficient (Wildman–Crippen LogP) is 1.30. The lowest BCUT2D eigenvalue weighted by Gasteiger charge is -1.92. The number of pyridine rings is 1. The van der Waals surface area contributed by atoms with E-state index in [1.54, 1.807) is 12.1 Å². The third kappa shape index (κ3) is 1.45. The van der Waals surface area contributed by atoms with Gasteiger partial charge in [0.1, 0.15) is 17.6 Å². The molecule has 0 bridgehead atoms. The van der Waals surface area contributed by atoms with Gasteiger partial charge in [-0.05, 0) is 12.1 Å². The largest absolute Gasteiger partial charge is 0.384 e. The molecule has 0 atom stereocenters. The van der Waals surface area contributed by atoms with Gasteiger partial charge in [0.05, 0.1) is 0 Å². The first kappa shape index (κ1) is 7.03. The predicted molar refractivity (Wildman–Crippen MR) is 41.1 cm³/mol. The molecule has 0 aliphatic carbocycles. The van der Waals surface area contributed by atoms with Crippen molar-refractivity contribution in [2.45, 2.75) is 0 Å². The standard InChI is InChI=1S/C6H4BrN3/c7-4-1-5(3-8)10-6(9)2-4/h1-2H,(H2,9,10). The lowest BCUT2D eigenvalue weighted by Crippen LogP contribution is -1.91. The first-order valence-corrected chi connectivity index (χ1v) is 3.35. The lowest BCUT2D eigenvalue weighted by molar-refractivity contribution is 1.26. The van der Waals surface area contributed by atoms with Crippen LogP contribution in [-0.4, -0.2) is 4.98 Å². The molecular weight excluding hydrogens is 194 g/mol. The van der Waals surface area contributed by atoms with Gasteiger partial charge in [0, 0.05) is 4.47 Å². The van der Waals surface area contributed by atoms with Gasteiger partial charge in [0.25, 0.3) is 0 Å². The molecule has 0 radical (unpaired) electrons. The highest BCUT2D eigenvalue weighted by Crippen LogP contribution is 2.12. The maximum absolute atomic E-state index is 8.40. The van der Waals surface area contributed by atoms with Gasteiger partial charge in [-0.25, -0.2) is 4.98 Å². The Morgan fingerprint density at radius 1 is 1.60 bits per heavy atom. The number of nitriles is 1. The van der Waals surface area contributed by atoms with Crippen LogP contribution in [0, 0.1) is 11.3 Å². The Bertz CT molecular complexity index is 269. The third-order valence-electron chi connectivity index (χ3n) is 0.924. The van der Waals surface area contributed by atoms with Crippen molar-refractivity contribution in [1.82, 2.24) is 4.98 Å². The third-order valence-corrected chi connectivity index (χ3v) is 1.38. The quantitative estimate of drug-likeness (QED) is 0.683. The van der Waals surface area contributed by atoms with E-state index in [1.165, 1.54) is 0 Å². The van der Waals surface area contributed by atoms with E-state index >= 15 is 0 Å². The number of anilines is 1. The van der Waals surface area contributed by atoms with Gasteiger partial charge in [0.15, 0.2) is 0 Å². The molecule has 1 aromatic heterocycles. The van der Waals surface area contributed by atoms with Gasteiger partial charge in [-0.2, -0.15) is 5.26 Å². The first-order valence-electron chi connectivity index (χ1n) is 2.55. The molecular formula is C6H4BrN3. The van der Waals surface area contributed by atoms with Crippen molar-refractivity contribution in [1.29, 1.82) is 5.26 Å². The van der Waals surface area contributed by atoms with Gasteiger partial charge in [-0.15, -0.1) is 0 Å². The van der Waals surface area contributed by atoms with Gasteiger partial charge in [0.2, 0.25) is 0 Å². The van der Waals surface area contributed by atoms with Crippen molar-refractivity contribution in [2.75, 3.05) is 5.73 Å². The number of nitrogens with two attached hydrogens (primary N) is 1. The van der Waals surface area contributed by atoms with Crippen molar-refractivity contribution in [3.8, 4) is 6.07 Å². The van der Waals surface area contributed by atoms with E-state index in [4.69, 9.17) is 11.0 Å². The summed E-state index contributed by atoms with van der Waals surface area (Å²) in [5.41, 5.74) is 5.67. The highest BCUT2D eigenvalue weighted by atomic mass is 79.9. The van der Waals surface area contributed by atoms with Gasteiger partial charge >= 0.3 is 0 Å². The second-order valence-electron chi connectivity index (χ2n) is 1.71. The Labute approximate surface area is 66.6 Å². The number of rotatable bonds is 0. The Hall–Kier alpha value is -1.08. The Morgan fingerprint density at radius 3 is 2.80 bits per heavy atom. The van der Waals surface area contributed by atoms with Crippen LogP contribution < -0.4 is 5.73 Å². The summed E-state index contributed by atoms with van der Waals surface area (Å²) in [6, 6.07) is 5.13. The summed E-state index contributed by atoms with van der Waals surface area (Å²) in [5, 5.41) is 8.40. The summed E-state index contributed by atoms with van der Waals surface area (Å²) in [4.78, 5) is 3.74. The minimum Gasteiger partial charge on any atom is -0.384 e. The topological polar surface area (TPSA) is 62.7 Å². The van der Waals surface area contributed by atoms with Crippen LogP contribution in [0.1, 0.15) is 5.69 Å². The van der Waals surface area contributed by atoms with Crippen LogP contribution in [-0.2, 0) is 0 Å². The average Bonchev–Trinajstić information content (AvgIpc) is 1.85. The monoisotopic (exact) mass is 197 g/mol. The molecule has 2 N–H and O–H groups in total. The molecule has 0 spiro atoms. The fourth-order valence-corrected chi connectivity index (χ4v) is 1.03. The molecule has 10 heavy (non-hydrogen) atoms. The van der Waals surface area contributed by atoms with Crippen molar-refractivity contribution in [2.24, 2.45) is 0 Å². The first-order chi connectivity index (χ1) is 4.72. The average molecular weight is 198 g/mol. The SMILES string of the molecule is N#Cc1cc(Br)cc(N)n1. The molecule has 0 aromatic carbocycles. The molecule has 0 aliphatic rings. The number of hydrogen-bond acceptors (Lipinski definition) is 3. The molecule has 0 unspecified atom stereocenters.